The topological polar surface area (TPSA) is 92.6 Å². The highest BCUT2D eigenvalue weighted by Crippen LogP contribution is 2.16. The normalized spacial score (nSPS) is 12.2. The van der Waals surface area contributed by atoms with E-state index in [4.69, 9.17) is 4.74 Å². The highest BCUT2D eigenvalue weighted by atomic mass is 127. The minimum absolute atomic E-state index is 0. The molecular weight excluding hydrogens is 459 g/mol. The van der Waals surface area contributed by atoms with Crippen LogP contribution in [0.1, 0.15) is 53.0 Å². The Kier molecular flexibility index (Phi) is 10.7. The molecule has 0 saturated carbocycles. The van der Waals surface area contributed by atoms with E-state index >= 15 is 0 Å². The summed E-state index contributed by atoms with van der Waals surface area (Å²) in [6.07, 6.45) is 4.91. The smallest absolute Gasteiger partial charge is 0.408 e. The summed E-state index contributed by atoms with van der Waals surface area (Å²) in [5, 5.41) is 13.7. The largest absolute Gasteiger partial charge is 0.444 e. The first kappa shape index (κ1) is 25.5. The summed E-state index contributed by atoms with van der Waals surface area (Å²) in [6.45, 7) is 10.8. The lowest BCUT2D eigenvalue weighted by Crippen LogP contribution is -2.57. The molecule has 3 N–H and O–H groups in total. The van der Waals surface area contributed by atoms with Crippen LogP contribution in [-0.4, -0.2) is 46.6 Å². The van der Waals surface area contributed by atoms with Gasteiger partial charge in [-0.15, -0.1) is 24.0 Å². The van der Waals surface area contributed by atoms with Crippen molar-refractivity contribution in [3.05, 3.63) is 18.0 Å². The number of rotatable bonds is 7. The lowest BCUT2D eigenvalue weighted by Gasteiger charge is -2.34. The molecule has 1 heterocycles. The quantitative estimate of drug-likeness (QED) is 0.308. The van der Waals surface area contributed by atoms with Crippen molar-refractivity contribution in [2.75, 3.05) is 13.6 Å². The monoisotopic (exact) mass is 494 g/mol. The number of carbonyl (C=O) groups is 1. The number of hydrogen-bond acceptors (Lipinski definition) is 4. The van der Waals surface area contributed by atoms with Crippen LogP contribution in [0.15, 0.2) is 17.4 Å². The standard InChI is InChI=1S/C18H34N6O2.HI/c1-8-18(9-2,23-16(25)26-17(3,4)5)13-21-15(19-6)20-10-14-11-22-24(7)12-14;/h11-12H,8-10,13H2,1-7H3,(H,23,25)(H2,19,20,21);1H. The van der Waals surface area contributed by atoms with Gasteiger partial charge in [-0.05, 0) is 33.6 Å². The molecule has 1 aromatic heterocycles. The van der Waals surface area contributed by atoms with Crippen LogP contribution in [0.25, 0.3) is 0 Å². The Morgan fingerprint density at radius 1 is 1.26 bits per heavy atom. The molecule has 0 bridgehead atoms. The molecule has 9 heteroatoms. The number of nitrogens with one attached hydrogen (secondary N) is 3. The zero-order valence-corrected chi connectivity index (χ0v) is 19.9. The lowest BCUT2D eigenvalue weighted by molar-refractivity contribution is 0.0448. The Labute approximate surface area is 179 Å². The molecule has 1 rings (SSSR count). The van der Waals surface area contributed by atoms with E-state index in [1.807, 2.05) is 54.1 Å². The average Bonchev–Trinajstić information content (AvgIpc) is 2.97. The van der Waals surface area contributed by atoms with Gasteiger partial charge in [0.1, 0.15) is 5.60 Å². The molecule has 0 saturated heterocycles. The summed E-state index contributed by atoms with van der Waals surface area (Å²) >= 11 is 0. The van der Waals surface area contributed by atoms with Crippen molar-refractivity contribution >= 4 is 36.0 Å². The van der Waals surface area contributed by atoms with E-state index in [0.717, 1.165) is 18.4 Å². The van der Waals surface area contributed by atoms with Gasteiger partial charge in [0.25, 0.3) is 0 Å². The van der Waals surface area contributed by atoms with Crippen LogP contribution >= 0.6 is 24.0 Å². The van der Waals surface area contributed by atoms with E-state index in [-0.39, 0.29) is 24.0 Å². The van der Waals surface area contributed by atoms with Crippen LogP contribution in [0.2, 0.25) is 0 Å². The van der Waals surface area contributed by atoms with E-state index in [1.54, 1.807) is 11.7 Å². The number of aliphatic imine (C=N–C) groups is 1. The summed E-state index contributed by atoms with van der Waals surface area (Å²) in [7, 11) is 3.61. The molecule has 27 heavy (non-hydrogen) atoms. The summed E-state index contributed by atoms with van der Waals surface area (Å²) in [5.74, 6) is 0.672. The van der Waals surface area contributed by atoms with Crippen LogP contribution in [0.3, 0.4) is 0 Å². The Hall–Kier alpha value is -1.52. The Morgan fingerprint density at radius 3 is 2.33 bits per heavy atom. The first-order valence-corrected chi connectivity index (χ1v) is 9.06. The maximum atomic E-state index is 12.2. The van der Waals surface area contributed by atoms with Gasteiger partial charge < -0.3 is 20.7 Å². The van der Waals surface area contributed by atoms with Crippen LogP contribution in [0.4, 0.5) is 4.79 Å². The number of amides is 1. The zero-order valence-electron chi connectivity index (χ0n) is 17.5. The van der Waals surface area contributed by atoms with Crippen LogP contribution in [0, 0.1) is 0 Å². The zero-order chi connectivity index (χ0) is 19.8. The fourth-order valence-corrected chi connectivity index (χ4v) is 2.46. The van der Waals surface area contributed by atoms with Crippen molar-refractivity contribution in [1.82, 2.24) is 25.7 Å². The Balaban J connectivity index is 0.00000676. The van der Waals surface area contributed by atoms with Crippen molar-refractivity contribution in [3.63, 3.8) is 0 Å². The highest BCUT2D eigenvalue weighted by Gasteiger charge is 2.30. The van der Waals surface area contributed by atoms with E-state index in [9.17, 15) is 4.79 Å². The average molecular weight is 494 g/mol. The number of guanidine groups is 1. The molecule has 0 aromatic carbocycles. The summed E-state index contributed by atoms with van der Waals surface area (Å²) < 4.78 is 7.17. The summed E-state index contributed by atoms with van der Waals surface area (Å²) in [4.78, 5) is 16.4. The number of aryl methyl sites for hydroxylation is 1. The third-order valence-corrected chi connectivity index (χ3v) is 4.16. The number of nitrogens with zero attached hydrogens (tertiary/aromatic N) is 3. The number of ether oxygens (including phenoxy) is 1. The molecular formula is C18H35IN6O2. The minimum Gasteiger partial charge on any atom is -0.444 e. The SMILES string of the molecule is CCC(CC)(CNC(=NC)NCc1cnn(C)c1)NC(=O)OC(C)(C)C.I. The first-order valence-electron chi connectivity index (χ1n) is 9.06. The Bertz CT molecular complexity index is 605. The highest BCUT2D eigenvalue weighted by molar-refractivity contribution is 14.0. The van der Waals surface area contributed by atoms with Gasteiger partial charge in [0.15, 0.2) is 5.96 Å². The number of aromatic nitrogens is 2. The fourth-order valence-electron chi connectivity index (χ4n) is 2.46. The third kappa shape index (κ3) is 9.30. The molecule has 0 aliphatic rings. The van der Waals surface area contributed by atoms with Gasteiger partial charge in [0.2, 0.25) is 0 Å². The van der Waals surface area contributed by atoms with Crippen molar-refractivity contribution in [2.24, 2.45) is 12.0 Å². The molecule has 0 radical (unpaired) electrons. The van der Waals surface area contributed by atoms with Crippen LogP contribution in [-0.2, 0) is 18.3 Å². The first-order chi connectivity index (χ1) is 12.1. The van der Waals surface area contributed by atoms with Gasteiger partial charge in [-0.3, -0.25) is 9.67 Å². The van der Waals surface area contributed by atoms with Gasteiger partial charge in [-0.1, -0.05) is 13.8 Å². The Morgan fingerprint density at radius 2 is 1.89 bits per heavy atom. The van der Waals surface area contributed by atoms with E-state index in [0.29, 0.717) is 19.0 Å². The maximum Gasteiger partial charge on any atom is 0.408 e. The number of hydrogen-bond donors (Lipinski definition) is 3. The van der Waals surface area contributed by atoms with Gasteiger partial charge in [0.05, 0.1) is 11.7 Å². The molecule has 0 atom stereocenters. The molecule has 0 aliphatic carbocycles. The molecule has 0 spiro atoms. The predicted octanol–water partition coefficient (Wildman–Crippen LogP) is 2.79. The summed E-state index contributed by atoms with van der Waals surface area (Å²) in [6, 6.07) is 0. The second-order valence-electron chi connectivity index (χ2n) is 7.42. The van der Waals surface area contributed by atoms with Crippen molar-refractivity contribution in [2.45, 2.75) is 65.1 Å². The fraction of sp³-hybridized carbons (Fsp3) is 0.722. The summed E-state index contributed by atoms with van der Waals surface area (Å²) in [5.41, 5.74) is 0.139. The van der Waals surface area contributed by atoms with Crippen LogP contribution < -0.4 is 16.0 Å². The van der Waals surface area contributed by atoms with E-state index < -0.39 is 17.2 Å². The molecule has 0 fully saturated rings. The van der Waals surface area contributed by atoms with Crippen molar-refractivity contribution < 1.29 is 9.53 Å². The third-order valence-electron chi connectivity index (χ3n) is 4.16. The number of halogens is 1. The van der Waals surface area contributed by atoms with Gasteiger partial charge >= 0.3 is 6.09 Å². The molecule has 8 nitrogen and oxygen atoms in total. The molecule has 0 unspecified atom stereocenters. The van der Waals surface area contributed by atoms with Gasteiger partial charge in [-0.25, -0.2) is 4.79 Å². The second-order valence-corrected chi connectivity index (χ2v) is 7.42. The van der Waals surface area contributed by atoms with Crippen molar-refractivity contribution in [3.8, 4) is 0 Å². The lowest BCUT2D eigenvalue weighted by atomic mass is 9.93. The molecule has 0 aliphatic heterocycles. The molecule has 156 valence electrons. The molecule has 1 aromatic rings. The number of carbonyl (C=O) groups excluding carboxylic acids is 1. The maximum absolute atomic E-state index is 12.2. The van der Waals surface area contributed by atoms with Crippen LogP contribution in [0.5, 0.6) is 0 Å². The van der Waals surface area contributed by atoms with Crippen molar-refractivity contribution in [1.29, 1.82) is 0 Å². The van der Waals surface area contributed by atoms with E-state index in [1.165, 1.54) is 0 Å². The van der Waals surface area contributed by atoms with Gasteiger partial charge in [0, 0.05) is 38.9 Å². The minimum atomic E-state index is -0.522. The van der Waals surface area contributed by atoms with E-state index in [2.05, 4.69) is 26.0 Å². The van der Waals surface area contributed by atoms with Gasteiger partial charge in [-0.2, -0.15) is 5.10 Å². The predicted molar refractivity (Wildman–Crippen MR) is 120 cm³/mol. The number of alkyl carbamates (subject to hydrolysis) is 1. The second kappa shape index (κ2) is 11.4. The molecule has 1 amide bonds.